The highest BCUT2D eigenvalue weighted by molar-refractivity contribution is 5.93. The monoisotopic (exact) mass is 491 g/mol. The number of halogens is 2. The first kappa shape index (κ1) is 23.9. The predicted molar refractivity (Wildman–Crippen MR) is 136 cm³/mol. The van der Waals surface area contributed by atoms with Gasteiger partial charge in [0.25, 0.3) is 0 Å². The van der Waals surface area contributed by atoms with E-state index in [1.807, 2.05) is 0 Å². The van der Waals surface area contributed by atoms with E-state index in [4.69, 9.17) is 0 Å². The van der Waals surface area contributed by atoms with Crippen LogP contribution in [-0.4, -0.2) is 30.6 Å². The molecule has 0 heterocycles. The molecule has 1 aromatic carbocycles. The number of carbonyl (C=O) groups excluding carboxylic acids is 1. The number of nitrogens with zero attached hydrogens (tertiary/aromatic N) is 1. The van der Waals surface area contributed by atoms with E-state index in [1.54, 1.807) is 20.2 Å². The minimum absolute atomic E-state index is 0.0342. The van der Waals surface area contributed by atoms with Gasteiger partial charge in [0.15, 0.2) is 5.78 Å². The summed E-state index contributed by atoms with van der Waals surface area (Å²) in [7, 11) is 3.28. The molecule has 5 aliphatic carbocycles. The second kappa shape index (κ2) is 8.28. The van der Waals surface area contributed by atoms with Crippen molar-refractivity contribution in [1.29, 1.82) is 0 Å². The Labute approximate surface area is 212 Å². The average molecular weight is 492 g/mol. The summed E-state index contributed by atoms with van der Waals surface area (Å²) >= 11 is 0. The SMILES string of the molecule is CN(C)c1c(F)cc([C@H]2C[C@@]3(C)[C@@H](CC[C@@]3(O)C#CC3CC3)[C@@H]3CCC4=CC(=O)CCC4=C32)cc1F. The molecular formula is C31H35F2NO2. The van der Waals surface area contributed by atoms with Gasteiger partial charge in [-0.3, -0.25) is 4.79 Å². The molecule has 0 unspecified atom stereocenters. The second-order valence-electron chi connectivity index (χ2n) is 12.2. The topological polar surface area (TPSA) is 40.5 Å². The molecule has 0 bridgehead atoms. The third kappa shape index (κ3) is 3.59. The lowest BCUT2D eigenvalue weighted by Crippen LogP contribution is -2.51. The van der Waals surface area contributed by atoms with Gasteiger partial charge in [-0.2, -0.15) is 0 Å². The maximum absolute atomic E-state index is 15.2. The number of allylic oxidation sites excluding steroid dienone is 4. The molecule has 36 heavy (non-hydrogen) atoms. The summed E-state index contributed by atoms with van der Waals surface area (Å²) in [5.41, 5.74) is 2.64. The molecule has 0 aliphatic heterocycles. The van der Waals surface area contributed by atoms with Gasteiger partial charge in [0.2, 0.25) is 0 Å². The van der Waals surface area contributed by atoms with Gasteiger partial charge in [-0.15, -0.1) is 0 Å². The lowest BCUT2D eigenvalue weighted by molar-refractivity contribution is -0.114. The first-order chi connectivity index (χ1) is 17.1. The summed E-state index contributed by atoms with van der Waals surface area (Å²) in [5.74, 6) is 6.37. The first-order valence-corrected chi connectivity index (χ1v) is 13.5. The van der Waals surface area contributed by atoms with Gasteiger partial charge in [0.05, 0.1) is 0 Å². The van der Waals surface area contributed by atoms with Crippen molar-refractivity contribution in [3.63, 3.8) is 0 Å². The van der Waals surface area contributed by atoms with Gasteiger partial charge in [0, 0.05) is 37.8 Å². The van der Waals surface area contributed by atoms with Crippen LogP contribution < -0.4 is 4.90 Å². The number of rotatable bonds is 2. The quantitative estimate of drug-likeness (QED) is 0.510. The molecule has 5 heteroatoms. The number of anilines is 1. The van der Waals surface area contributed by atoms with Crippen molar-refractivity contribution in [2.75, 3.05) is 19.0 Å². The molecule has 1 N–H and O–H groups in total. The minimum Gasteiger partial charge on any atom is -0.377 e. The normalized spacial score (nSPS) is 35.3. The highest BCUT2D eigenvalue weighted by atomic mass is 19.1. The van der Waals surface area contributed by atoms with Crippen LogP contribution in [0.1, 0.15) is 76.2 Å². The molecule has 3 saturated carbocycles. The van der Waals surface area contributed by atoms with Crippen molar-refractivity contribution in [2.45, 2.75) is 76.2 Å². The smallest absolute Gasteiger partial charge is 0.156 e. The highest BCUT2D eigenvalue weighted by Crippen LogP contribution is 2.66. The Bertz CT molecular complexity index is 1240. The Morgan fingerprint density at radius 3 is 2.44 bits per heavy atom. The van der Waals surface area contributed by atoms with E-state index < -0.39 is 22.7 Å². The number of benzene rings is 1. The maximum atomic E-state index is 15.2. The van der Waals surface area contributed by atoms with E-state index >= 15 is 8.78 Å². The van der Waals surface area contributed by atoms with E-state index in [2.05, 4.69) is 18.8 Å². The van der Waals surface area contributed by atoms with E-state index in [1.165, 1.54) is 28.2 Å². The van der Waals surface area contributed by atoms with Crippen molar-refractivity contribution in [1.82, 2.24) is 0 Å². The van der Waals surface area contributed by atoms with E-state index in [0.29, 0.717) is 37.2 Å². The van der Waals surface area contributed by atoms with E-state index in [0.717, 1.165) is 37.7 Å². The van der Waals surface area contributed by atoms with Crippen molar-refractivity contribution in [3.05, 3.63) is 52.1 Å². The zero-order valence-electron chi connectivity index (χ0n) is 21.5. The number of hydrogen-bond acceptors (Lipinski definition) is 3. The third-order valence-electron chi connectivity index (χ3n) is 9.84. The molecule has 0 saturated heterocycles. The van der Waals surface area contributed by atoms with Crippen LogP contribution in [0.25, 0.3) is 0 Å². The number of ketones is 1. The summed E-state index contributed by atoms with van der Waals surface area (Å²) in [6, 6.07) is 2.99. The standard InChI is InChI=1S/C31H35F2NO2/c1-30-17-24(20-15-26(32)29(34(2)3)27(33)16-20)28-22-9-7-21(35)14-19(22)6-8-23(28)25(30)11-13-31(30,36)12-10-18-4-5-18/h14-16,18,23-25,36H,4-9,11,13,17H2,1-3H3/t23-,24+,25-,30-,31-/m0/s1. The fourth-order valence-corrected chi connectivity index (χ4v) is 7.83. The number of aliphatic hydroxyl groups is 1. The van der Waals surface area contributed by atoms with Crippen LogP contribution in [0.2, 0.25) is 0 Å². The van der Waals surface area contributed by atoms with E-state index in [9.17, 15) is 9.90 Å². The summed E-state index contributed by atoms with van der Waals surface area (Å²) in [5, 5.41) is 12.0. The lowest BCUT2D eigenvalue weighted by atomic mass is 9.51. The van der Waals surface area contributed by atoms with Crippen LogP contribution in [0.5, 0.6) is 0 Å². The van der Waals surface area contributed by atoms with Gasteiger partial charge < -0.3 is 10.0 Å². The predicted octanol–water partition coefficient (Wildman–Crippen LogP) is 6.07. The molecular weight excluding hydrogens is 456 g/mol. The van der Waals surface area contributed by atoms with Crippen molar-refractivity contribution in [2.24, 2.45) is 23.2 Å². The summed E-state index contributed by atoms with van der Waals surface area (Å²) in [4.78, 5) is 13.7. The number of carbonyl (C=O) groups is 1. The molecule has 0 aromatic heterocycles. The Kier molecular flexibility index (Phi) is 5.50. The molecule has 5 atom stereocenters. The van der Waals surface area contributed by atoms with Crippen LogP contribution >= 0.6 is 0 Å². The molecule has 6 rings (SSSR count). The molecule has 0 amide bonds. The third-order valence-corrected chi connectivity index (χ3v) is 9.84. The van der Waals surface area contributed by atoms with Crippen LogP contribution in [0, 0.1) is 46.6 Å². The van der Waals surface area contributed by atoms with Crippen LogP contribution in [-0.2, 0) is 4.79 Å². The minimum atomic E-state index is -1.09. The Hall–Kier alpha value is -2.45. The van der Waals surface area contributed by atoms with Crippen LogP contribution in [0.4, 0.5) is 14.5 Å². The second-order valence-corrected chi connectivity index (χ2v) is 12.2. The molecule has 190 valence electrons. The fourth-order valence-electron chi connectivity index (χ4n) is 7.83. The maximum Gasteiger partial charge on any atom is 0.156 e. The zero-order valence-corrected chi connectivity index (χ0v) is 21.5. The highest BCUT2D eigenvalue weighted by Gasteiger charge is 2.62. The van der Waals surface area contributed by atoms with Crippen molar-refractivity contribution < 1.29 is 18.7 Å². The zero-order chi connectivity index (χ0) is 25.4. The van der Waals surface area contributed by atoms with Crippen LogP contribution in [0.15, 0.2) is 34.9 Å². The van der Waals surface area contributed by atoms with Gasteiger partial charge >= 0.3 is 0 Å². The summed E-state index contributed by atoms with van der Waals surface area (Å²) in [6.45, 7) is 2.16. The summed E-state index contributed by atoms with van der Waals surface area (Å²) < 4.78 is 30.5. The van der Waals surface area contributed by atoms with Crippen molar-refractivity contribution >= 4 is 11.5 Å². The number of fused-ring (bicyclic) bond motifs is 4. The first-order valence-electron chi connectivity index (χ1n) is 13.5. The molecule has 0 radical (unpaired) electrons. The fraction of sp³-hybridized carbons (Fsp3) is 0.581. The Balaban J connectivity index is 1.52. The molecule has 1 aromatic rings. The lowest BCUT2D eigenvalue weighted by Gasteiger charge is -2.53. The molecule has 0 spiro atoms. The van der Waals surface area contributed by atoms with Crippen LogP contribution in [0.3, 0.4) is 0 Å². The van der Waals surface area contributed by atoms with Gasteiger partial charge in [0.1, 0.15) is 22.9 Å². The average Bonchev–Trinajstić information content (AvgIpc) is 3.61. The molecule has 5 aliphatic rings. The summed E-state index contributed by atoms with van der Waals surface area (Å²) in [6.07, 6.45) is 9.10. The Morgan fingerprint density at radius 2 is 1.78 bits per heavy atom. The molecule has 3 fully saturated rings. The van der Waals surface area contributed by atoms with Crippen molar-refractivity contribution in [3.8, 4) is 11.8 Å². The van der Waals surface area contributed by atoms with Gasteiger partial charge in [-0.1, -0.05) is 24.3 Å². The van der Waals surface area contributed by atoms with Gasteiger partial charge in [-0.05, 0) is 98.1 Å². The number of hydrogen-bond donors (Lipinski definition) is 1. The Morgan fingerprint density at radius 1 is 1.06 bits per heavy atom. The largest absolute Gasteiger partial charge is 0.377 e. The van der Waals surface area contributed by atoms with E-state index in [-0.39, 0.29) is 29.2 Å². The van der Waals surface area contributed by atoms with Gasteiger partial charge in [-0.25, -0.2) is 8.78 Å². The molecule has 3 nitrogen and oxygen atoms in total.